The van der Waals surface area contributed by atoms with E-state index in [2.05, 4.69) is 11.9 Å². The molecule has 0 spiro atoms. The Morgan fingerprint density at radius 3 is 3.00 bits per heavy atom. The van der Waals surface area contributed by atoms with Crippen LogP contribution in [0.4, 0.5) is 4.39 Å². The standard InChI is InChI=1S/C13H15FN2S/c1-9(5-6-15)13-16-12(8-17-13)10-3-2-4-11(14)7-10/h2-4,7-9H,5-6,15H2,1H3. The monoisotopic (exact) mass is 250 g/mol. The Balaban J connectivity index is 2.23. The van der Waals surface area contributed by atoms with Gasteiger partial charge in [0.1, 0.15) is 5.82 Å². The Morgan fingerprint density at radius 2 is 2.29 bits per heavy atom. The quantitative estimate of drug-likeness (QED) is 0.903. The smallest absolute Gasteiger partial charge is 0.123 e. The summed E-state index contributed by atoms with van der Waals surface area (Å²) < 4.78 is 13.1. The van der Waals surface area contributed by atoms with Gasteiger partial charge in [-0.2, -0.15) is 0 Å². The van der Waals surface area contributed by atoms with Crippen molar-refractivity contribution in [3.05, 3.63) is 40.5 Å². The Hall–Kier alpha value is -1.26. The molecule has 1 heterocycles. The number of hydrogen-bond donors (Lipinski definition) is 1. The summed E-state index contributed by atoms with van der Waals surface area (Å²) in [5, 5.41) is 3.03. The van der Waals surface area contributed by atoms with E-state index < -0.39 is 0 Å². The fourth-order valence-corrected chi connectivity index (χ4v) is 2.59. The van der Waals surface area contributed by atoms with E-state index in [9.17, 15) is 4.39 Å². The topological polar surface area (TPSA) is 38.9 Å². The largest absolute Gasteiger partial charge is 0.330 e. The molecule has 4 heteroatoms. The first-order valence-electron chi connectivity index (χ1n) is 5.62. The lowest BCUT2D eigenvalue weighted by molar-refractivity contribution is 0.628. The Bertz CT molecular complexity index is 496. The summed E-state index contributed by atoms with van der Waals surface area (Å²) in [6.07, 6.45) is 0.927. The van der Waals surface area contributed by atoms with Gasteiger partial charge in [-0.25, -0.2) is 9.37 Å². The van der Waals surface area contributed by atoms with Gasteiger partial charge in [0.15, 0.2) is 0 Å². The molecule has 0 radical (unpaired) electrons. The molecule has 0 fully saturated rings. The molecule has 0 saturated heterocycles. The predicted octanol–water partition coefficient (Wildman–Crippen LogP) is 3.40. The molecule has 2 nitrogen and oxygen atoms in total. The van der Waals surface area contributed by atoms with Crippen LogP contribution in [0.3, 0.4) is 0 Å². The average Bonchev–Trinajstić information content (AvgIpc) is 2.78. The first-order chi connectivity index (χ1) is 8.20. The zero-order valence-electron chi connectivity index (χ0n) is 9.69. The van der Waals surface area contributed by atoms with Crippen LogP contribution in [0, 0.1) is 5.82 Å². The van der Waals surface area contributed by atoms with Crippen molar-refractivity contribution < 1.29 is 4.39 Å². The third kappa shape index (κ3) is 2.90. The number of nitrogens with two attached hydrogens (primary N) is 1. The summed E-state index contributed by atoms with van der Waals surface area (Å²) in [7, 11) is 0. The van der Waals surface area contributed by atoms with Crippen molar-refractivity contribution in [3.63, 3.8) is 0 Å². The van der Waals surface area contributed by atoms with Crippen LogP contribution < -0.4 is 5.73 Å². The van der Waals surface area contributed by atoms with E-state index in [0.717, 1.165) is 22.7 Å². The van der Waals surface area contributed by atoms with Gasteiger partial charge in [0.2, 0.25) is 0 Å². The molecule has 1 aromatic carbocycles. The number of benzene rings is 1. The number of hydrogen-bond acceptors (Lipinski definition) is 3. The third-order valence-corrected chi connectivity index (χ3v) is 3.74. The molecule has 0 amide bonds. The van der Waals surface area contributed by atoms with E-state index in [1.165, 1.54) is 12.1 Å². The van der Waals surface area contributed by atoms with Crippen molar-refractivity contribution in [3.8, 4) is 11.3 Å². The van der Waals surface area contributed by atoms with Gasteiger partial charge in [0.25, 0.3) is 0 Å². The van der Waals surface area contributed by atoms with E-state index in [4.69, 9.17) is 5.73 Å². The van der Waals surface area contributed by atoms with Crippen LogP contribution in [-0.4, -0.2) is 11.5 Å². The molecule has 0 aliphatic carbocycles. The maximum atomic E-state index is 13.1. The first kappa shape index (κ1) is 12.2. The molecule has 0 saturated carbocycles. The van der Waals surface area contributed by atoms with Gasteiger partial charge in [0, 0.05) is 16.9 Å². The molecule has 90 valence electrons. The Morgan fingerprint density at radius 1 is 1.47 bits per heavy atom. The fraction of sp³-hybridized carbons (Fsp3) is 0.308. The summed E-state index contributed by atoms with van der Waals surface area (Å²) in [5.41, 5.74) is 7.20. The highest BCUT2D eigenvalue weighted by Crippen LogP contribution is 2.27. The molecule has 2 aromatic rings. The van der Waals surface area contributed by atoms with Gasteiger partial charge in [-0.15, -0.1) is 11.3 Å². The molecule has 17 heavy (non-hydrogen) atoms. The summed E-state index contributed by atoms with van der Waals surface area (Å²) in [4.78, 5) is 4.54. The second-order valence-electron chi connectivity index (χ2n) is 4.06. The maximum absolute atomic E-state index is 13.1. The van der Waals surface area contributed by atoms with Gasteiger partial charge in [0.05, 0.1) is 10.7 Å². The first-order valence-corrected chi connectivity index (χ1v) is 6.50. The lowest BCUT2D eigenvalue weighted by Crippen LogP contribution is -2.04. The Kier molecular flexibility index (Phi) is 3.86. The van der Waals surface area contributed by atoms with Gasteiger partial charge >= 0.3 is 0 Å². The SMILES string of the molecule is CC(CCN)c1nc(-c2cccc(F)c2)cs1. The molecule has 0 aliphatic rings. The number of nitrogens with zero attached hydrogens (tertiary/aromatic N) is 1. The van der Waals surface area contributed by atoms with Gasteiger partial charge in [-0.3, -0.25) is 0 Å². The molecule has 0 bridgehead atoms. The molecule has 0 aliphatic heterocycles. The lowest BCUT2D eigenvalue weighted by atomic mass is 10.1. The molecule has 1 atom stereocenters. The van der Waals surface area contributed by atoms with Crippen LogP contribution in [0.1, 0.15) is 24.3 Å². The van der Waals surface area contributed by atoms with Crippen molar-refractivity contribution in [2.24, 2.45) is 5.73 Å². The lowest BCUT2D eigenvalue weighted by Gasteiger charge is -2.04. The number of aromatic nitrogens is 1. The van der Waals surface area contributed by atoms with Crippen molar-refractivity contribution in [1.29, 1.82) is 0 Å². The van der Waals surface area contributed by atoms with Crippen molar-refractivity contribution >= 4 is 11.3 Å². The van der Waals surface area contributed by atoms with Crippen LogP contribution in [0.15, 0.2) is 29.6 Å². The highest BCUT2D eigenvalue weighted by atomic mass is 32.1. The van der Waals surface area contributed by atoms with E-state index in [-0.39, 0.29) is 5.82 Å². The minimum Gasteiger partial charge on any atom is -0.330 e. The van der Waals surface area contributed by atoms with E-state index in [1.54, 1.807) is 17.4 Å². The zero-order valence-corrected chi connectivity index (χ0v) is 10.5. The van der Waals surface area contributed by atoms with Crippen molar-refractivity contribution in [2.75, 3.05) is 6.54 Å². The molecule has 2 N–H and O–H groups in total. The van der Waals surface area contributed by atoms with Gasteiger partial charge in [-0.1, -0.05) is 19.1 Å². The van der Waals surface area contributed by atoms with E-state index >= 15 is 0 Å². The second-order valence-corrected chi connectivity index (χ2v) is 4.95. The molecule has 1 aromatic heterocycles. The highest BCUT2D eigenvalue weighted by Gasteiger charge is 2.10. The van der Waals surface area contributed by atoms with Crippen molar-refractivity contribution in [1.82, 2.24) is 4.98 Å². The van der Waals surface area contributed by atoms with Gasteiger partial charge in [-0.05, 0) is 25.1 Å². The predicted molar refractivity (Wildman–Crippen MR) is 69.6 cm³/mol. The summed E-state index contributed by atoms with van der Waals surface area (Å²) in [6, 6.07) is 6.52. The van der Waals surface area contributed by atoms with Crippen LogP contribution in [0.25, 0.3) is 11.3 Å². The molecular formula is C13H15FN2S. The van der Waals surface area contributed by atoms with Crippen LogP contribution >= 0.6 is 11.3 Å². The minimum absolute atomic E-state index is 0.230. The fourth-order valence-electron chi connectivity index (χ4n) is 1.67. The number of rotatable bonds is 4. The Labute approximate surface area is 104 Å². The minimum atomic E-state index is -0.230. The van der Waals surface area contributed by atoms with Crippen molar-refractivity contribution in [2.45, 2.75) is 19.3 Å². The van der Waals surface area contributed by atoms with Crippen LogP contribution in [0.5, 0.6) is 0 Å². The zero-order chi connectivity index (χ0) is 12.3. The van der Waals surface area contributed by atoms with Crippen LogP contribution in [0.2, 0.25) is 0 Å². The maximum Gasteiger partial charge on any atom is 0.123 e. The van der Waals surface area contributed by atoms with Crippen LogP contribution in [-0.2, 0) is 0 Å². The number of thiazole rings is 1. The third-order valence-electron chi connectivity index (χ3n) is 2.66. The number of halogens is 1. The molecule has 1 unspecified atom stereocenters. The summed E-state index contributed by atoms with van der Waals surface area (Å²) >= 11 is 1.61. The van der Waals surface area contributed by atoms with E-state index in [0.29, 0.717) is 12.5 Å². The summed E-state index contributed by atoms with van der Waals surface area (Å²) in [6.45, 7) is 2.77. The normalized spacial score (nSPS) is 12.6. The average molecular weight is 250 g/mol. The highest BCUT2D eigenvalue weighted by molar-refractivity contribution is 7.10. The molecular weight excluding hydrogens is 235 g/mol. The van der Waals surface area contributed by atoms with Gasteiger partial charge < -0.3 is 5.73 Å². The molecule has 2 rings (SSSR count). The second kappa shape index (κ2) is 5.38. The van der Waals surface area contributed by atoms with E-state index in [1.807, 2.05) is 11.4 Å². The summed E-state index contributed by atoms with van der Waals surface area (Å²) in [5.74, 6) is 0.138.